The van der Waals surface area contributed by atoms with E-state index in [0.717, 1.165) is 37.7 Å². The first kappa shape index (κ1) is 15.0. The largest absolute Gasteiger partial charge is 0.291 e. The number of aryl methyl sites for hydroxylation is 1. The summed E-state index contributed by atoms with van der Waals surface area (Å²) in [4.78, 5) is 22.4. The second-order valence-electron chi connectivity index (χ2n) is 6.26. The van der Waals surface area contributed by atoms with Gasteiger partial charge in [0.15, 0.2) is 0 Å². The zero-order chi connectivity index (χ0) is 15.5. The fraction of sp³-hybridized carbons (Fsp3) is 0.562. The van der Waals surface area contributed by atoms with Crippen LogP contribution in [0.2, 0.25) is 0 Å². The third kappa shape index (κ3) is 3.11. The minimum Gasteiger partial charge on any atom is -0.291 e. The predicted molar refractivity (Wildman–Crippen MR) is 81.9 cm³/mol. The van der Waals surface area contributed by atoms with E-state index >= 15 is 0 Å². The Balaban J connectivity index is 1.64. The van der Waals surface area contributed by atoms with Crippen molar-refractivity contribution in [3.63, 3.8) is 0 Å². The van der Waals surface area contributed by atoms with Crippen LogP contribution in [-0.4, -0.2) is 16.9 Å². The number of carbonyl (C=O) groups excluding carboxylic acids is 1. The summed E-state index contributed by atoms with van der Waals surface area (Å²) < 4.78 is 0. The van der Waals surface area contributed by atoms with Crippen LogP contribution in [0.1, 0.15) is 37.7 Å². The molecule has 3 rings (SSSR count). The van der Waals surface area contributed by atoms with Gasteiger partial charge in [-0.2, -0.15) is 0 Å². The lowest BCUT2D eigenvalue weighted by molar-refractivity contribution is -0.384. The predicted octanol–water partition coefficient (Wildman–Crippen LogP) is 2.34. The van der Waals surface area contributed by atoms with Gasteiger partial charge in [0, 0.05) is 24.1 Å². The average Bonchev–Trinajstić information content (AvgIpc) is 2.55. The molecule has 1 amide bonds. The number of hydrazine groups is 1. The topological polar surface area (TPSA) is 84.3 Å². The number of carbonyl (C=O) groups is 1. The first-order valence-corrected chi connectivity index (χ1v) is 7.94. The Kier molecular flexibility index (Phi) is 4.38. The molecule has 1 saturated heterocycles. The van der Waals surface area contributed by atoms with Gasteiger partial charge >= 0.3 is 0 Å². The van der Waals surface area contributed by atoms with E-state index in [4.69, 9.17) is 0 Å². The maximum atomic E-state index is 11.9. The van der Waals surface area contributed by atoms with E-state index in [0.29, 0.717) is 5.92 Å². The van der Waals surface area contributed by atoms with Gasteiger partial charge in [0.2, 0.25) is 5.91 Å². The summed E-state index contributed by atoms with van der Waals surface area (Å²) in [5.74, 6) is 0.641. The van der Waals surface area contributed by atoms with Crippen LogP contribution in [-0.2, 0) is 11.2 Å². The second-order valence-corrected chi connectivity index (χ2v) is 6.26. The molecule has 3 unspecified atom stereocenters. The first-order valence-electron chi connectivity index (χ1n) is 7.94. The van der Waals surface area contributed by atoms with Gasteiger partial charge in [0.25, 0.3) is 5.69 Å². The molecular formula is C16H21N3O3. The summed E-state index contributed by atoms with van der Waals surface area (Å²) in [6.45, 7) is 0. The number of fused-ring (bicyclic) bond motifs is 1. The number of rotatable bonds is 4. The fourth-order valence-electron chi connectivity index (χ4n) is 3.76. The van der Waals surface area contributed by atoms with Crippen LogP contribution >= 0.6 is 0 Å². The van der Waals surface area contributed by atoms with Gasteiger partial charge in [-0.1, -0.05) is 25.0 Å². The highest BCUT2D eigenvalue weighted by Gasteiger charge is 2.39. The van der Waals surface area contributed by atoms with Gasteiger partial charge in [-0.3, -0.25) is 20.3 Å². The highest BCUT2D eigenvalue weighted by atomic mass is 16.6. The smallest absolute Gasteiger partial charge is 0.269 e. The summed E-state index contributed by atoms with van der Waals surface area (Å²) in [7, 11) is 0. The van der Waals surface area contributed by atoms with E-state index in [-0.39, 0.29) is 28.5 Å². The maximum Gasteiger partial charge on any atom is 0.269 e. The molecule has 6 nitrogen and oxygen atoms in total. The van der Waals surface area contributed by atoms with E-state index in [2.05, 4.69) is 10.9 Å². The van der Waals surface area contributed by atoms with Crippen LogP contribution in [0.15, 0.2) is 24.3 Å². The van der Waals surface area contributed by atoms with Crippen molar-refractivity contribution in [2.75, 3.05) is 0 Å². The summed E-state index contributed by atoms with van der Waals surface area (Å²) in [5.41, 5.74) is 7.05. The Bertz CT molecular complexity index is 576. The molecule has 2 N–H and O–H groups in total. The molecule has 0 bridgehead atoms. The molecule has 1 saturated carbocycles. The molecule has 6 heteroatoms. The number of hydrogen-bond donors (Lipinski definition) is 2. The maximum absolute atomic E-state index is 11.9. The number of non-ortho nitro benzene ring substituents is 1. The molecule has 22 heavy (non-hydrogen) atoms. The second kappa shape index (κ2) is 6.44. The number of benzene rings is 1. The van der Waals surface area contributed by atoms with Crippen molar-refractivity contribution in [3.8, 4) is 0 Å². The van der Waals surface area contributed by atoms with Crippen molar-refractivity contribution in [2.24, 2.45) is 11.8 Å². The van der Waals surface area contributed by atoms with E-state index in [9.17, 15) is 14.9 Å². The number of nitrogens with zero attached hydrogens (tertiary/aromatic N) is 1. The quantitative estimate of drug-likeness (QED) is 0.660. The normalized spacial score (nSPS) is 27.8. The first-order chi connectivity index (χ1) is 10.6. The zero-order valence-corrected chi connectivity index (χ0v) is 12.5. The van der Waals surface area contributed by atoms with Gasteiger partial charge < -0.3 is 0 Å². The van der Waals surface area contributed by atoms with Gasteiger partial charge in [0.1, 0.15) is 0 Å². The number of amides is 1. The van der Waals surface area contributed by atoms with Crippen LogP contribution in [0.5, 0.6) is 0 Å². The lowest BCUT2D eigenvalue weighted by atomic mass is 9.72. The van der Waals surface area contributed by atoms with E-state index in [1.165, 1.54) is 12.5 Å². The van der Waals surface area contributed by atoms with Crippen molar-refractivity contribution < 1.29 is 9.72 Å². The van der Waals surface area contributed by atoms with Gasteiger partial charge in [-0.05, 0) is 37.2 Å². The molecule has 0 radical (unpaired) electrons. The Morgan fingerprint density at radius 2 is 2.09 bits per heavy atom. The third-order valence-electron chi connectivity index (χ3n) is 4.92. The summed E-state index contributed by atoms with van der Waals surface area (Å²) in [5, 5.41) is 10.8. The Labute approximate surface area is 129 Å². The highest BCUT2D eigenvalue weighted by molar-refractivity contribution is 5.79. The third-order valence-corrected chi connectivity index (χ3v) is 4.92. The molecule has 118 valence electrons. The molecule has 1 aromatic carbocycles. The average molecular weight is 303 g/mol. The van der Waals surface area contributed by atoms with Crippen LogP contribution in [0, 0.1) is 22.0 Å². The van der Waals surface area contributed by atoms with Gasteiger partial charge in [-0.15, -0.1) is 0 Å². The van der Waals surface area contributed by atoms with Crippen LogP contribution in [0.3, 0.4) is 0 Å². The molecule has 1 aromatic rings. The fourth-order valence-corrected chi connectivity index (χ4v) is 3.76. The highest BCUT2D eigenvalue weighted by Crippen LogP contribution is 2.35. The molecule has 0 spiro atoms. The van der Waals surface area contributed by atoms with Gasteiger partial charge in [-0.25, -0.2) is 5.43 Å². The number of nitrogens with one attached hydrogen (secondary N) is 2. The Hall–Kier alpha value is -1.95. The van der Waals surface area contributed by atoms with Crippen molar-refractivity contribution in [1.29, 1.82) is 0 Å². The Morgan fingerprint density at radius 1 is 1.27 bits per heavy atom. The summed E-state index contributed by atoms with van der Waals surface area (Å²) >= 11 is 0. The lowest BCUT2D eigenvalue weighted by Gasteiger charge is -2.41. The van der Waals surface area contributed by atoms with Gasteiger partial charge in [0.05, 0.1) is 4.92 Å². The van der Waals surface area contributed by atoms with Crippen LogP contribution < -0.4 is 10.9 Å². The van der Waals surface area contributed by atoms with E-state index in [1.807, 2.05) is 6.07 Å². The molecule has 1 heterocycles. The molecule has 2 fully saturated rings. The number of nitro groups is 1. The summed E-state index contributed by atoms with van der Waals surface area (Å²) in [6, 6.07) is 7.06. The number of nitro benzene ring substituents is 1. The number of hydrogen-bond acceptors (Lipinski definition) is 4. The standard InChI is InChI=1S/C16H21N3O3/c20-16-14-7-2-1-6-13(14)15(17-18-16)9-8-11-4-3-5-12(10-11)19(21)22/h3-5,10,13-15,17H,1-2,6-9H2,(H,18,20). The minimum absolute atomic E-state index is 0.122. The molecule has 1 aliphatic carbocycles. The molecule has 1 aliphatic heterocycles. The molecule has 0 aromatic heterocycles. The molecule has 2 aliphatic rings. The van der Waals surface area contributed by atoms with Crippen molar-refractivity contribution in [1.82, 2.24) is 10.9 Å². The van der Waals surface area contributed by atoms with Crippen LogP contribution in [0.25, 0.3) is 0 Å². The van der Waals surface area contributed by atoms with Crippen molar-refractivity contribution >= 4 is 11.6 Å². The molecule has 3 atom stereocenters. The molecular weight excluding hydrogens is 282 g/mol. The van der Waals surface area contributed by atoms with E-state index < -0.39 is 0 Å². The summed E-state index contributed by atoms with van der Waals surface area (Å²) in [6.07, 6.45) is 6.03. The Morgan fingerprint density at radius 3 is 2.91 bits per heavy atom. The van der Waals surface area contributed by atoms with Crippen molar-refractivity contribution in [2.45, 2.75) is 44.6 Å². The van der Waals surface area contributed by atoms with Crippen LogP contribution in [0.4, 0.5) is 5.69 Å². The lowest BCUT2D eigenvalue weighted by Crippen LogP contribution is -2.59. The SMILES string of the molecule is O=C1NNC(CCc2cccc([N+](=O)[O-])c2)C2CCCCC12. The van der Waals surface area contributed by atoms with Crippen molar-refractivity contribution in [3.05, 3.63) is 39.9 Å². The minimum atomic E-state index is -0.361. The zero-order valence-electron chi connectivity index (χ0n) is 12.5. The monoisotopic (exact) mass is 303 g/mol. The van der Waals surface area contributed by atoms with E-state index in [1.54, 1.807) is 12.1 Å².